The van der Waals surface area contributed by atoms with Crippen LogP contribution in [0.2, 0.25) is 0 Å². The van der Waals surface area contributed by atoms with E-state index in [4.69, 9.17) is 20.2 Å². The lowest BCUT2D eigenvalue weighted by molar-refractivity contribution is -0.155. The highest BCUT2D eigenvalue weighted by atomic mass is 16.6. The maximum atomic E-state index is 11.8. The number of allylic oxidation sites excluding steroid dienone is 8. The second-order valence-corrected chi connectivity index (χ2v) is 7.24. The van der Waals surface area contributed by atoms with E-state index in [1.807, 2.05) is 6.08 Å². The summed E-state index contributed by atoms with van der Waals surface area (Å²) < 4.78 is 5.03. The summed E-state index contributed by atoms with van der Waals surface area (Å²) in [7, 11) is 0. The summed E-state index contributed by atoms with van der Waals surface area (Å²) in [6.07, 6.45) is 24.8. The molecule has 0 bridgehead atoms. The summed E-state index contributed by atoms with van der Waals surface area (Å²) in [5.41, 5.74) is 0. The Morgan fingerprint density at radius 1 is 0.966 bits per heavy atom. The number of rotatable bonds is 16. The molecule has 1 aliphatic carbocycles. The van der Waals surface area contributed by atoms with E-state index in [9.17, 15) is 4.79 Å². The van der Waals surface area contributed by atoms with Crippen LogP contribution in [0.5, 0.6) is 0 Å². The van der Waals surface area contributed by atoms with Gasteiger partial charge in [0.1, 0.15) is 6.10 Å². The number of hydrogen-bond acceptors (Lipinski definition) is 5. The van der Waals surface area contributed by atoms with Gasteiger partial charge in [0.25, 0.3) is 0 Å². The monoisotopic (exact) mass is 401 g/mol. The summed E-state index contributed by atoms with van der Waals surface area (Å²) >= 11 is 0. The van der Waals surface area contributed by atoms with Crippen molar-refractivity contribution in [3.63, 3.8) is 0 Å². The SMILES string of the molecule is N#CCCCCC/C=C\C/C=C\C/C=C\C/C=C\C1CC1C(=O)OC(CO)CO. The molecule has 29 heavy (non-hydrogen) atoms. The van der Waals surface area contributed by atoms with Gasteiger partial charge < -0.3 is 14.9 Å². The van der Waals surface area contributed by atoms with Gasteiger partial charge >= 0.3 is 5.97 Å². The molecule has 0 aromatic carbocycles. The number of nitrogens with zero attached hydrogens (tertiary/aromatic N) is 1. The standard InChI is InChI=1S/C24H35NO4/c25-17-15-13-11-9-7-5-3-1-2-4-6-8-10-12-14-16-21-18-23(21)24(28)29-22(19-26)20-27/h2-5,8,10,14,16,21-23,26-27H,1,6-7,9,11-13,15,18-20H2/b4-2-,5-3-,10-8-,16-14-. The van der Waals surface area contributed by atoms with E-state index in [1.54, 1.807) is 0 Å². The fourth-order valence-corrected chi connectivity index (χ4v) is 2.81. The van der Waals surface area contributed by atoms with Gasteiger partial charge in [0.05, 0.1) is 25.2 Å². The summed E-state index contributed by atoms with van der Waals surface area (Å²) in [4.78, 5) is 11.8. The van der Waals surface area contributed by atoms with E-state index in [0.717, 1.165) is 51.4 Å². The van der Waals surface area contributed by atoms with Crippen LogP contribution in [0.15, 0.2) is 48.6 Å². The first kappa shape index (κ1) is 24.9. The first-order chi connectivity index (χ1) is 14.2. The predicted molar refractivity (Wildman–Crippen MR) is 115 cm³/mol. The molecule has 0 aromatic rings. The molecule has 2 N–H and O–H groups in total. The van der Waals surface area contributed by atoms with E-state index in [-0.39, 0.29) is 31.0 Å². The molecule has 2 atom stereocenters. The van der Waals surface area contributed by atoms with Gasteiger partial charge in [-0.25, -0.2) is 0 Å². The van der Waals surface area contributed by atoms with Crippen LogP contribution in [0.3, 0.4) is 0 Å². The lowest BCUT2D eigenvalue weighted by atomic mass is 10.1. The lowest BCUT2D eigenvalue weighted by Crippen LogP contribution is -2.26. The Labute approximate surface area is 175 Å². The molecule has 1 aliphatic rings. The Bertz CT molecular complexity index is 596. The van der Waals surface area contributed by atoms with Crippen molar-refractivity contribution in [2.45, 2.75) is 63.9 Å². The molecule has 0 spiro atoms. The molecular weight excluding hydrogens is 366 g/mol. The van der Waals surface area contributed by atoms with E-state index in [1.165, 1.54) is 0 Å². The molecular formula is C24H35NO4. The van der Waals surface area contributed by atoms with Crippen LogP contribution in [0.4, 0.5) is 0 Å². The summed E-state index contributed by atoms with van der Waals surface area (Å²) in [6, 6.07) is 2.17. The van der Waals surface area contributed by atoms with Crippen molar-refractivity contribution < 1.29 is 19.7 Å². The van der Waals surface area contributed by atoms with Crippen molar-refractivity contribution in [1.82, 2.24) is 0 Å². The van der Waals surface area contributed by atoms with Crippen LogP contribution >= 0.6 is 0 Å². The minimum Gasteiger partial charge on any atom is -0.457 e. The van der Waals surface area contributed by atoms with Gasteiger partial charge in [-0.3, -0.25) is 4.79 Å². The second-order valence-electron chi connectivity index (χ2n) is 7.24. The number of hydrogen-bond donors (Lipinski definition) is 2. The zero-order valence-electron chi connectivity index (χ0n) is 17.3. The number of unbranched alkanes of at least 4 members (excludes halogenated alkanes) is 4. The average molecular weight is 402 g/mol. The third-order valence-electron chi connectivity index (χ3n) is 4.69. The highest BCUT2D eigenvalue weighted by molar-refractivity contribution is 5.76. The van der Waals surface area contributed by atoms with Crippen LogP contribution in [-0.2, 0) is 9.53 Å². The maximum Gasteiger partial charge on any atom is 0.309 e. The van der Waals surface area contributed by atoms with Crippen molar-refractivity contribution in [2.24, 2.45) is 11.8 Å². The van der Waals surface area contributed by atoms with Gasteiger partial charge in [-0.2, -0.15) is 5.26 Å². The van der Waals surface area contributed by atoms with Crippen molar-refractivity contribution in [3.05, 3.63) is 48.6 Å². The first-order valence-corrected chi connectivity index (χ1v) is 10.6. The van der Waals surface area contributed by atoms with E-state index in [0.29, 0.717) is 6.42 Å². The lowest BCUT2D eigenvalue weighted by Gasteiger charge is -2.11. The quantitative estimate of drug-likeness (QED) is 0.227. The Morgan fingerprint density at radius 2 is 1.59 bits per heavy atom. The molecule has 1 saturated carbocycles. The third kappa shape index (κ3) is 12.8. The van der Waals surface area contributed by atoms with Crippen molar-refractivity contribution in [2.75, 3.05) is 13.2 Å². The fourth-order valence-electron chi connectivity index (χ4n) is 2.81. The molecule has 0 aliphatic heterocycles. The number of carbonyl (C=O) groups is 1. The molecule has 0 saturated heterocycles. The first-order valence-electron chi connectivity index (χ1n) is 10.6. The van der Waals surface area contributed by atoms with Crippen molar-refractivity contribution in [1.29, 1.82) is 5.26 Å². The minimum atomic E-state index is -0.806. The third-order valence-corrected chi connectivity index (χ3v) is 4.69. The molecule has 2 unspecified atom stereocenters. The zero-order chi connectivity index (χ0) is 21.2. The number of aliphatic hydroxyl groups excluding tert-OH is 2. The molecule has 5 heteroatoms. The molecule has 5 nitrogen and oxygen atoms in total. The average Bonchev–Trinajstić information content (AvgIpc) is 3.51. The normalized spacial score (nSPS) is 19.1. The van der Waals surface area contributed by atoms with E-state index in [2.05, 4.69) is 48.6 Å². The summed E-state index contributed by atoms with van der Waals surface area (Å²) in [6.45, 7) is -0.704. The summed E-state index contributed by atoms with van der Waals surface area (Å²) in [5.74, 6) is -0.252. The van der Waals surface area contributed by atoms with Crippen LogP contribution in [0.1, 0.15) is 57.8 Å². The van der Waals surface area contributed by atoms with Crippen LogP contribution < -0.4 is 0 Å². The second kappa shape index (κ2) is 16.8. The van der Waals surface area contributed by atoms with Gasteiger partial charge in [0.2, 0.25) is 0 Å². The van der Waals surface area contributed by atoms with Crippen LogP contribution in [0, 0.1) is 23.2 Å². The largest absolute Gasteiger partial charge is 0.457 e. The van der Waals surface area contributed by atoms with E-state index >= 15 is 0 Å². The highest BCUT2D eigenvalue weighted by Gasteiger charge is 2.42. The number of carbonyl (C=O) groups excluding carboxylic acids is 1. The van der Waals surface area contributed by atoms with Gasteiger partial charge in [-0.1, -0.05) is 55.0 Å². The fraction of sp³-hybridized carbons (Fsp3) is 0.583. The van der Waals surface area contributed by atoms with E-state index < -0.39 is 6.10 Å². The van der Waals surface area contributed by atoms with Gasteiger partial charge in [-0.05, 0) is 50.9 Å². The highest BCUT2D eigenvalue weighted by Crippen LogP contribution is 2.40. The smallest absolute Gasteiger partial charge is 0.309 e. The number of ether oxygens (including phenoxy) is 1. The van der Waals surface area contributed by atoms with Crippen LogP contribution in [0.25, 0.3) is 0 Å². The maximum absolute atomic E-state index is 11.8. The van der Waals surface area contributed by atoms with Crippen LogP contribution in [-0.4, -0.2) is 35.5 Å². The Hall–Kier alpha value is -2.16. The van der Waals surface area contributed by atoms with Gasteiger partial charge in [0, 0.05) is 6.42 Å². The predicted octanol–water partition coefficient (Wildman–Crippen LogP) is 4.39. The minimum absolute atomic E-state index is 0.135. The molecule has 1 fully saturated rings. The van der Waals surface area contributed by atoms with Crippen molar-refractivity contribution >= 4 is 5.97 Å². The number of aliphatic hydroxyl groups is 2. The Balaban J connectivity index is 2.01. The van der Waals surface area contributed by atoms with Crippen molar-refractivity contribution in [3.8, 4) is 6.07 Å². The molecule has 0 heterocycles. The molecule has 0 amide bonds. The Morgan fingerprint density at radius 3 is 2.21 bits per heavy atom. The number of esters is 1. The Kier molecular flexibility index (Phi) is 14.4. The zero-order valence-corrected chi connectivity index (χ0v) is 17.3. The molecule has 160 valence electrons. The molecule has 1 rings (SSSR count). The molecule has 0 aromatic heterocycles. The number of nitriles is 1. The van der Waals surface area contributed by atoms with Gasteiger partial charge in [-0.15, -0.1) is 0 Å². The molecule has 0 radical (unpaired) electrons. The summed E-state index contributed by atoms with van der Waals surface area (Å²) in [5, 5.41) is 26.3. The topological polar surface area (TPSA) is 90.6 Å². The van der Waals surface area contributed by atoms with Gasteiger partial charge in [0.15, 0.2) is 0 Å².